The van der Waals surface area contributed by atoms with Crippen LogP contribution in [0.4, 0.5) is 4.39 Å². The van der Waals surface area contributed by atoms with E-state index in [-0.39, 0.29) is 24.3 Å². The van der Waals surface area contributed by atoms with Gasteiger partial charge in [0.25, 0.3) is 0 Å². The normalized spacial score (nSPS) is 10.1. The van der Waals surface area contributed by atoms with Gasteiger partial charge >= 0.3 is 11.9 Å². The summed E-state index contributed by atoms with van der Waals surface area (Å²) in [6, 6.07) is 3.33. The maximum Gasteiger partial charge on any atom is 0.339 e. The van der Waals surface area contributed by atoms with Gasteiger partial charge in [-0.1, -0.05) is 13.8 Å². The predicted molar refractivity (Wildman–Crippen MR) is 67.5 cm³/mol. The molecule has 0 aliphatic heterocycles. The molecule has 1 aromatic rings. The quantitative estimate of drug-likeness (QED) is 0.744. The summed E-state index contributed by atoms with van der Waals surface area (Å²) >= 11 is 0. The number of halogens is 1. The van der Waals surface area contributed by atoms with Crippen molar-refractivity contribution in [3.8, 4) is 0 Å². The van der Waals surface area contributed by atoms with Crippen molar-refractivity contribution in [1.82, 2.24) is 0 Å². The molecule has 0 radical (unpaired) electrons. The molecule has 104 valence electrons. The van der Waals surface area contributed by atoms with Gasteiger partial charge in [0.15, 0.2) is 0 Å². The molecule has 1 aromatic carbocycles. The van der Waals surface area contributed by atoms with E-state index in [9.17, 15) is 14.0 Å². The van der Waals surface area contributed by atoms with Gasteiger partial charge < -0.3 is 9.47 Å². The molecule has 0 amide bonds. The average molecular weight is 268 g/mol. The summed E-state index contributed by atoms with van der Waals surface area (Å²) in [5, 5.41) is 0. The van der Waals surface area contributed by atoms with Gasteiger partial charge in [-0.2, -0.15) is 0 Å². The largest absolute Gasteiger partial charge is 0.462 e. The van der Waals surface area contributed by atoms with Crippen molar-refractivity contribution < 1.29 is 23.5 Å². The van der Waals surface area contributed by atoms with Crippen molar-refractivity contribution in [2.75, 3.05) is 13.2 Å². The van der Waals surface area contributed by atoms with E-state index >= 15 is 0 Å². The molecule has 0 aliphatic carbocycles. The average Bonchev–Trinajstić information content (AvgIpc) is 2.41. The monoisotopic (exact) mass is 268 g/mol. The number of carbonyl (C=O) groups is 2. The molecule has 0 heterocycles. The van der Waals surface area contributed by atoms with Crippen molar-refractivity contribution in [2.24, 2.45) is 0 Å². The summed E-state index contributed by atoms with van der Waals surface area (Å²) in [6.45, 7) is 4.17. The van der Waals surface area contributed by atoms with Gasteiger partial charge in [0.05, 0.1) is 24.3 Å². The lowest BCUT2D eigenvalue weighted by atomic mass is 10.1. The van der Waals surface area contributed by atoms with Crippen molar-refractivity contribution in [3.05, 3.63) is 35.1 Å². The Kier molecular flexibility index (Phi) is 5.99. The highest BCUT2D eigenvalue weighted by molar-refractivity contribution is 6.03. The van der Waals surface area contributed by atoms with Crippen LogP contribution >= 0.6 is 0 Å². The summed E-state index contributed by atoms with van der Waals surface area (Å²) in [4.78, 5) is 23.5. The molecule has 4 nitrogen and oxygen atoms in total. The second-order valence-electron chi connectivity index (χ2n) is 3.96. The minimum Gasteiger partial charge on any atom is -0.462 e. The molecule has 0 saturated heterocycles. The zero-order valence-electron chi connectivity index (χ0n) is 11.1. The molecule has 0 aromatic heterocycles. The van der Waals surface area contributed by atoms with E-state index in [4.69, 9.17) is 9.47 Å². The maximum absolute atomic E-state index is 13.2. The van der Waals surface area contributed by atoms with Crippen LogP contribution in [0.5, 0.6) is 0 Å². The Labute approximate surface area is 111 Å². The molecule has 0 saturated carbocycles. The predicted octanol–water partition coefficient (Wildman–Crippen LogP) is 2.96. The first-order valence-corrected chi connectivity index (χ1v) is 6.24. The highest BCUT2D eigenvalue weighted by Crippen LogP contribution is 2.14. The Hall–Kier alpha value is -1.91. The Morgan fingerprint density at radius 2 is 1.53 bits per heavy atom. The van der Waals surface area contributed by atoms with Crippen molar-refractivity contribution in [1.29, 1.82) is 0 Å². The second-order valence-corrected chi connectivity index (χ2v) is 3.96. The van der Waals surface area contributed by atoms with Crippen molar-refractivity contribution in [3.63, 3.8) is 0 Å². The van der Waals surface area contributed by atoms with Crippen LogP contribution in [0, 0.1) is 5.82 Å². The lowest BCUT2D eigenvalue weighted by molar-refractivity contribution is 0.0457. The first kappa shape index (κ1) is 15.1. The van der Waals surface area contributed by atoms with Gasteiger partial charge in [-0.3, -0.25) is 0 Å². The topological polar surface area (TPSA) is 52.6 Å². The van der Waals surface area contributed by atoms with Gasteiger partial charge in [-0.25, -0.2) is 14.0 Å². The van der Waals surface area contributed by atoms with E-state index in [0.717, 1.165) is 12.1 Å². The molecule has 19 heavy (non-hydrogen) atoms. The number of carbonyl (C=O) groups excluding carboxylic acids is 2. The van der Waals surface area contributed by atoms with Crippen LogP contribution in [0.1, 0.15) is 47.4 Å². The molecule has 0 N–H and O–H groups in total. The number of benzene rings is 1. The molecular weight excluding hydrogens is 251 g/mol. The van der Waals surface area contributed by atoms with E-state index in [1.807, 2.05) is 13.8 Å². The number of ether oxygens (including phenoxy) is 2. The molecule has 0 aliphatic rings. The van der Waals surface area contributed by atoms with Crippen LogP contribution in [0.2, 0.25) is 0 Å². The number of hydrogen-bond donors (Lipinski definition) is 0. The standard InChI is InChI=1S/C14H17FO4/c1-3-7-18-13(16)11-6-5-10(15)9-12(11)14(17)19-8-4-2/h5-6,9H,3-4,7-8H2,1-2H3. The first-order valence-electron chi connectivity index (χ1n) is 6.24. The van der Waals surface area contributed by atoms with E-state index in [0.29, 0.717) is 12.8 Å². The SMILES string of the molecule is CCCOC(=O)c1ccc(F)cc1C(=O)OCCC. The van der Waals surface area contributed by atoms with Crippen LogP contribution < -0.4 is 0 Å². The Morgan fingerprint density at radius 1 is 1.00 bits per heavy atom. The fourth-order valence-electron chi connectivity index (χ4n) is 1.41. The third-order valence-electron chi connectivity index (χ3n) is 2.30. The fourth-order valence-corrected chi connectivity index (χ4v) is 1.41. The Morgan fingerprint density at radius 3 is 2.05 bits per heavy atom. The summed E-state index contributed by atoms with van der Waals surface area (Å²) < 4.78 is 23.0. The van der Waals surface area contributed by atoms with Gasteiger partial charge in [0.1, 0.15) is 5.82 Å². The van der Waals surface area contributed by atoms with Gasteiger partial charge in [-0.15, -0.1) is 0 Å². The van der Waals surface area contributed by atoms with Crippen LogP contribution in [0.25, 0.3) is 0 Å². The maximum atomic E-state index is 13.2. The van der Waals surface area contributed by atoms with Gasteiger partial charge in [-0.05, 0) is 31.0 Å². The van der Waals surface area contributed by atoms with E-state index in [1.165, 1.54) is 6.07 Å². The Balaban J connectivity index is 2.97. The third kappa shape index (κ3) is 4.35. The number of hydrogen-bond acceptors (Lipinski definition) is 4. The minimum atomic E-state index is -0.718. The molecule has 1 rings (SSSR count). The van der Waals surface area contributed by atoms with E-state index in [1.54, 1.807) is 0 Å². The summed E-state index contributed by atoms with van der Waals surface area (Å²) in [5.41, 5.74) is -0.0782. The molecular formula is C14H17FO4. The van der Waals surface area contributed by atoms with E-state index in [2.05, 4.69) is 0 Å². The van der Waals surface area contributed by atoms with Crippen LogP contribution in [-0.4, -0.2) is 25.2 Å². The van der Waals surface area contributed by atoms with E-state index < -0.39 is 17.8 Å². The zero-order valence-corrected chi connectivity index (χ0v) is 11.1. The molecule has 5 heteroatoms. The van der Waals surface area contributed by atoms with Crippen molar-refractivity contribution in [2.45, 2.75) is 26.7 Å². The Bertz CT molecular complexity index is 457. The fraction of sp³-hybridized carbons (Fsp3) is 0.429. The zero-order chi connectivity index (χ0) is 14.3. The lowest BCUT2D eigenvalue weighted by Crippen LogP contribution is -2.15. The summed E-state index contributed by atoms with van der Waals surface area (Å²) in [7, 11) is 0. The minimum absolute atomic E-state index is 0.0240. The molecule has 0 fully saturated rings. The second kappa shape index (κ2) is 7.51. The van der Waals surface area contributed by atoms with Gasteiger partial charge in [0, 0.05) is 0 Å². The highest BCUT2D eigenvalue weighted by atomic mass is 19.1. The molecule has 0 unspecified atom stereocenters. The van der Waals surface area contributed by atoms with Crippen LogP contribution in [0.3, 0.4) is 0 Å². The smallest absolute Gasteiger partial charge is 0.339 e. The van der Waals surface area contributed by atoms with Crippen LogP contribution in [-0.2, 0) is 9.47 Å². The third-order valence-corrected chi connectivity index (χ3v) is 2.30. The number of esters is 2. The molecule has 0 spiro atoms. The molecule has 0 bridgehead atoms. The highest BCUT2D eigenvalue weighted by Gasteiger charge is 2.20. The number of rotatable bonds is 6. The first-order chi connectivity index (χ1) is 9.10. The summed E-state index contributed by atoms with van der Waals surface area (Å²) in [6.07, 6.45) is 1.32. The van der Waals surface area contributed by atoms with Crippen LogP contribution in [0.15, 0.2) is 18.2 Å². The van der Waals surface area contributed by atoms with Crippen molar-refractivity contribution >= 4 is 11.9 Å². The molecule has 0 atom stereocenters. The lowest BCUT2D eigenvalue weighted by Gasteiger charge is -2.09. The van der Waals surface area contributed by atoms with Gasteiger partial charge in [0.2, 0.25) is 0 Å². The summed E-state index contributed by atoms with van der Waals surface area (Å²) in [5.74, 6) is -1.97.